The Morgan fingerprint density at radius 3 is 2.64 bits per heavy atom. The molecule has 4 rings (SSSR count). The lowest BCUT2D eigenvalue weighted by molar-refractivity contribution is 0.0881. The smallest absolute Gasteiger partial charge is 0.251 e. The number of carbonyl (C=O) groups is 1. The summed E-state index contributed by atoms with van der Waals surface area (Å²) in [5, 5.41) is 3.34. The average molecular weight is 298 g/mol. The molecule has 0 aromatic heterocycles. The van der Waals surface area contributed by atoms with Crippen molar-refractivity contribution >= 4 is 5.91 Å². The molecular formula is C19H26N2O. The molecule has 3 nitrogen and oxygen atoms in total. The minimum atomic E-state index is 0.160. The van der Waals surface area contributed by atoms with Crippen molar-refractivity contribution in [1.82, 2.24) is 10.2 Å². The number of rotatable bonds is 2. The largest absolute Gasteiger partial charge is 0.349 e. The van der Waals surface area contributed by atoms with Crippen molar-refractivity contribution in [1.29, 1.82) is 0 Å². The molecule has 2 aliphatic heterocycles. The molecule has 0 radical (unpaired) electrons. The number of hydrogen-bond donors (Lipinski definition) is 1. The molecular weight excluding hydrogens is 272 g/mol. The van der Waals surface area contributed by atoms with Gasteiger partial charge in [0, 0.05) is 23.7 Å². The second kappa shape index (κ2) is 5.69. The Bertz CT molecular complexity index is 569. The molecule has 0 saturated carbocycles. The van der Waals surface area contributed by atoms with Gasteiger partial charge in [-0.3, -0.25) is 4.79 Å². The fourth-order valence-corrected chi connectivity index (χ4v) is 4.79. The molecule has 0 unspecified atom stereocenters. The molecule has 2 fully saturated rings. The summed E-state index contributed by atoms with van der Waals surface area (Å²) in [5.74, 6) is 0.160. The van der Waals surface area contributed by atoms with E-state index in [9.17, 15) is 4.79 Å². The van der Waals surface area contributed by atoms with Crippen LogP contribution in [0.1, 0.15) is 60.0 Å². The van der Waals surface area contributed by atoms with Gasteiger partial charge in [-0.2, -0.15) is 0 Å². The zero-order valence-electron chi connectivity index (χ0n) is 13.5. The summed E-state index contributed by atoms with van der Waals surface area (Å²) in [6, 6.07) is 7.98. The lowest BCUT2D eigenvalue weighted by atomic mass is 9.87. The molecule has 2 saturated heterocycles. The minimum absolute atomic E-state index is 0.160. The zero-order valence-corrected chi connectivity index (χ0v) is 13.5. The Morgan fingerprint density at radius 2 is 1.86 bits per heavy atom. The molecule has 1 aliphatic carbocycles. The number of amides is 1. The van der Waals surface area contributed by atoms with Gasteiger partial charge in [-0.05, 0) is 75.6 Å². The molecule has 0 spiro atoms. The van der Waals surface area contributed by atoms with Gasteiger partial charge >= 0.3 is 0 Å². The standard InChI is InChI=1S/C19H26N2O/c1-21-15-9-10-16(21)12-14(11-15)20-19(22)18-8-4-6-13-5-2-3-7-17(13)18/h4,6,8,14-16H,2-3,5,7,9-12H2,1H3,(H,20,22)/t14-,15+,16-. The van der Waals surface area contributed by atoms with Crippen molar-refractivity contribution in [3.8, 4) is 0 Å². The van der Waals surface area contributed by atoms with Crippen LogP contribution in [0.2, 0.25) is 0 Å². The summed E-state index contributed by atoms with van der Waals surface area (Å²) < 4.78 is 0. The number of benzene rings is 1. The Balaban J connectivity index is 1.49. The SMILES string of the molecule is CN1[C@@H]2CC[C@H]1C[C@@H](NC(=O)c1cccc3c1CCCC3)C2. The van der Waals surface area contributed by atoms with Crippen LogP contribution >= 0.6 is 0 Å². The van der Waals surface area contributed by atoms with Crippen LogP contribution in [-0.4, -0.2) is 36.0 Å². The first kappa shape index (κ1) is 14.3. The number of aryl methyl sites for hydroxylation is 1. The fourth-order valence-electron chi connectivity index (χ4n) is 4.79. The maximum atomic E-state index is 12.8. The molecule has 1 aromatic rings. The van der Waals surface area contributed by atoms with E-state index >= 15 is 0 Å². The van der Waals surface area contributed by atoms with Crippen LogP contribution < -0.4 is 5.32 Å². The van der Waals surface area contributed by atoms with Crippen molar-refractivity contribution in [2.75, 3.05) is 7.05 Å². The van der Waals surface area contributed by atoms with Gasteiger partial charge < -0.3 is 10.2 Å². The summed E-state index contributed by atoms with van der Waals surface area (Å²) in [5.41, 5.74) is 3.63. The topological polar surface area (TPSA) is 32.3 Å². The second-order valence-corrected chi connectivity index (χ2v) is 7.34. The predicted octanol–water partition coefficient (Wildman–Crippen LogP) is 2.92. The van der Waals surface area contributed by atoms with Crippen LogP contribution in [0.4, 0.5) is 0 Å². The number of nitrogens with zero attached hydrogens (tertiary/aromatic N) is 1. The van der Waals surface area contributed by atoms with E-state index in [2.05, 4.69) is 29.4 Å². The van der Waals surface area contributed by atoms with Crippen LogP contribution in [0.15, 0.2) is 18.2 Å². The van der Waals surface area contributed by atoms with Crippen LogP contribution in [0.3, 0.4) is 0 Å². The monoisotopic (exact) mass is 298 g/mol. The highest BCUT2D eigenvalue weighted by Crippen LogP contribution is 2.34. The van der Waals surface area contributed by atoms with Gasteiger partial charge in [0.2, 0.25) is 0 Å². The Morgan fingerprint density at radius 1 is 1.14 bits per heavy atom. The van der Waals surface area contributed by atoms with Gasteiger partial charge in [0.05, 0.1) is 0 Å². The van der Waals surface area contributed by atoms with E-state index in [0.717, 1.165) is 31.2 Å². The lowest BCUT2D eigenvalue weighted by Gasteiger charge is -2.36. The molecule has 3 heteroatoms. The summed E-state index contributed by atoms with van der Waals surface area (Å²) in [4.78, 5) is 15.3. The quantitative estimate of drug-likeness (QED) is 0.910. The van der Waals surface area contributed by atoms with Gasteiger partial charge in [0.25, 0.3) is 5.91 Å². The second-order valence-electron chi connectivity index (χ2n) is 7.34. The van der Waals surface area contributed by atoms with Gasteiger partial charge in [0.15, 0.2) is 0 Å². The normalized spacial score (nSPS) is 30.9. The van der Waals surface area contributed by atoms with Crippen molar-refractivity contribution in [2.24, 2.45) is 0 Å². The highest BCUT2D eigenvalue weighted by atomic mass is 16.1. The Labute approximate surface area is 133 Å². The summed E-state index contributed by atoms with van der Waals surface area (Å²) in [7, 11) is 2.24. The number of hydrogen-bond acceptors (Lipinski definition) is 2. The molecule has 118 valence electrons. The highest BCUT2D eigenvalue weighted by Gasteiger charge is 2.39. The number of nitrogens with one attached hydrogen (secondary N) is 1. The van der Waals surface area contributed by atoms with E-state index in [0.29, 0.717) is 18.1 Å². The molecule has 22 heavy (non-hydrogen) atoms. The Hall–Kier alpha value is -1.35. The number of fused-ring (bicyclic) bond motifs is 3. The third-order valence-electron chi connectivity index (χ3n) is 6.07. The molecule has 1 N–H and O–H groups in total. The van der Waals surface area contributed by atoms with Crippen LogP contribution in [0.25, 0.3) is 0 Å². The van der Waals surface area contributed by atoms with Crippen molar-refractivity contribution in [3.05, 3.63) is 34.9 Å². The third-order valence-corrected chi connectivity index (χ3v) is 6.07. The van der Waals surface area contributed by atoms with Crippen molar-refractivity contribution in [3.63, 3.8) is 0 Å². The lowest BCUT2D eigenvalue weighted by Crippen LogP contribution is -2.48. The van der Waals surface area contributed by atoms with E-state index < -0.39 is 0 Å². The molecule has 2 heterocycles. The summed E-state index contributed by atoms with van der Waals surface area (Å²) in [6.07, 6.45) is 9.52. The van der Waals surface area contributed by atoms with Gasteiger partial charge in [-0.25, -0.2) is 0 Å². The minimum Gasteiger partial charge on any atom is -0.349 e. The number of piperidine rings is 1. The molecule has 2 bridgehead atoms. The van der Waals surface area contributed by atoms with E-state index in [4.69, 9.17) is 0 Å². The van der Waals surface area contributed by atoms with Crippen LogP contribution in [0.5, 0.6) is 0 Å². The third kappa shape index (κ3) is 2.45. The molecule has 3 atom stereocenters. The van der Waals surface area contributed by atoms with Gasteiger partial charge in [-0.15, -0.1) is 0 Å². The first-order chi connectivity index (χ1) is 10.7. The van der Waals surface area contributed by atoms with Crippen LogP contribution in [0, 0.1) is 0 Å². The predicted molar refractivity (Wildman–Crippen MR) is 88.1 cm³/mol. The average Bonchev–Trinajstić information content (AvgIpc) is 2.75. The van der Waals surface area contributed by atoms with E-state index in [-0.39, 0.29) is 5.91 Å². The zero-order chi connectivity index (χ0) is 15.1. The summed E-state index contributed by atoms with van der Waals surface area (Å²) in [6.45, 7) is 0. The highest BCUT2D eigenvalue weighted by molar-refractivity contribution is 5.96. The number of carbonyl (C=O) groups excluding carboxylic acids is 1. The van der Waals surface area contributed by atoms with Gasteiger partial charge in [-0.1, -0.05) is 12.1 Å². The summed E-state index contributed by atoms with van der Waals surface area (Å²) >= 11 is 0. The Kier molecular flexibility index (Phi) is 3.69. The first-order valence-corrected chi connectivity index (χ1v) is 8.86. The van der Waals surface area contributed by atoms with Crippen LogP contribution in [-0.2, 0) is 12.8 Å². The van der Waals surface area contributed by atoms with Crippen molar-refractivity contribution in [2.45, 2.75) is 69.5 Å². The van der Waals surface area contributed by atoms with E-state index in [1.165, 1.54) is 36.8 Å². The molecule has 1 amide bonds. The maximum absolute atomic E-state index is 12.8. The molecule has 1 aromatic carbocycles. The van der Waals surface area contributed by atoms with E-state index in [1.54, 1.807) is 0 Å². The fraction of sp³-hybridized carbons (Fsp3) is 0.632. The van der Waals surface area contributed by atoms with Crippen molar-refractivity contribution < 1.29 is 4.79 Å². The maximum Gasteiger partial charge on any atom is 0.251 e. The first-order valence-electron chi connectivity index (χ1n) is 8.86. The molecule has 3 aliphatic rings. The van der Waals surface area contributed by atoms with E-state index in [1.807, 2.05) is 6.07 Å². The van der Waals surface area contributed by atoms with Gasteiger partial charge in [0.1, 0.15) is 0 Å².